The van der Waals surface area contributed by atoms with Crippen molar-refractivity contribution < 1.29 is 24.1 Å². The summed E-state index contributed by atoms with van der Waals surface area (Å²) in [5, 5.41) is 19.6. The lowest BCUT2D eigenvalue weighted by atomic mass is 9.96. The third-order valence-electron chi connectivity index (χ3n) is 3.89. The summed E-state index contributed by atoms with van der Waals surface area (Å²) in [6.07, 6.45) is 0.0136. The monoisotopic (exact) mass is 306 g/mol. The summed E-state index contributed by atoms with van der Waals surface area (Å²) >= 11 is 0. The fourth-order valence-corrected chi connectivity index (χ4v) is 2.73. The van der Waals surface area contributed by atoms with Crippen LogP contribution < -0.4 is 14.9 Å². The van der Waals surface area contributed by atoms with Crippen LogP contribution >= 0.6 is 0 Å². The molecule has 0 radical (unpaired) electrons. The maximum Gasteiger partial charge on any atom is 0.196 e. The summed E-state index contributed by atoms with van der Waals surface area (Å²) in [7, 11) is 1.48. The first kappa shape index (κ1) is 14.9. The molecule has 2 heterocycles. The summed E-state index contributed by atoms with van der Waals surface area (Å²) in [6, 6.07) is 2.86. The van der Waals surface area contributed by atoms with Gasteiger partial charge in [-0.15, -0.1) is 0 Å². The molecule has 3 rings (SSSR count). The van der Waals surface area contributed by atoms with Crippen LogP contribution in [0, 0.1) is 0 Å². The van der Waals surface area contributed by atoms with Gasteiger partial charge in [0.2, 0.25) is 0 Å². The summed E-state index contributed by atoms with van der Waals surface area (Å²) < 4.78 is 16.7. The number of hydrogen-bond donors (Lipinski definition) is 2. The first-order chi connectivity index (χ1) is 10.3. The zero-order chi connectivity index (χ0) is 16.1. The Morgan fingerprint density at radius 3 is 2.73 bits per heavy atom. The normalized spacial score (nSPS) is 17.4. The van der Waals surface area contributed by atoms with Gasteiger partial charge >= 0.3 is 0 Å². The molecule has 1 atom stereocenters. The lowest BCUT2D eigenvalue weighted by Crippen LogP contribution is -2.39. The Kier molecular flexibility index (Phi) is 3.38. The van der Waals surface area contributed by atoms with E-state index in [-0.39, 0.29) is 17.8 Å². The summed E-state index contributed by atoms with van der Waals surface area (Å²) in [5.74, 6) is 1.10. The Morgan fingerprint density at radius 1 is 1.41 bits per heavy atom. The minimum Gasteiger partial charge on any atom is -0.495 e. The smallest absolute Gasteiger partial charge is 0.196 e. The van der Waals surface area contributed by atoms with Gasteiger partial charge in [0.1, 0.15) is 40.9 Å². The Bertz CT molecular complexity index is 784. The van der Waals surface area contributed by atoms with Crippen LogP contribution in [0.1, 0.15) is 25.2 Å². The van der Waals surface area contributed by atoms with Crippen molar-refractivity contribution in [1.29, 1.82) is 0 Å². The van der Waals surface area contributed by atoms with Crippen molar-refractivity contribution in [3.05, 3.63) is 33.7 Å². The quantitative estimate of drug-likeness (QED) is 0.890. The van der Waals surface area contributed by atoms with Gasteiger partial charge in [-0.25, -0.2) is 0 Å². The molecule has 6 nitrogen and oxygen atoms in total. The van der Waals surface area contributed by atoms with Gasteiger partial charge < -0.3 is 24.1 Å². The van der Waals surface area contributed by atoms with Gasteiger partial charge in [0, 0.05) is 24.1 Å². The van der Waals surface area contributed by atoms with Crippen LogP contribution in [0.4, 0.5) is 0 Å². The molecule has 0 bridgehead atoms. The first-order valence-corrected chi connectivity index (χ1v) is 7.01. The average molecular weight is 306 g/mol. The molecule has 1 aromatic heterocycles. The van der Waals surface area contributed by atoms with E-state index < -0.39 is 11.7 Å². The maximum absolute atomic E-state index is 12.3. The predicted octanol–water partition coefficient (Wildman–Crippen LogP) is 1.37. The van der Waals surface area contributed by atoms with Crippen molar-refractivity contribution in [2.24, 2.45) is 0 Å². The number of benzene rings is 1. The SMILES string of the molecule is COc1c2c(cc3oc(CO)cc(=O)c13)O[C@@H](C(C)(C)O)C2. The molecule has 0 aliphatic carbocycles. The van der Waals surface area contributed by atoms with Crippen molar-refractivity contribution in [1.82, 2.24) is 0 Å². The van der Waals surface area contributed by atoms with E-state index in [1.54, 1.807) is 19.9 Å². The van der Waals surface area contributed by atoms with Gasteiger partial charge in [0.25, 0.3) is 0 Å². The van der Waals surface area contributed by atoms with E-state index in [0.29, 0.717) is 28.9 Å². The van der Waals surface area contributed by atoms with E-state index in [0.717, 1.165) is 5.56 Å². The van der Waals surface area contributed by atoms with Crippen LogP contribution in [0.5, 0.6) is 11.5 Å². The lowest BCUT2D eigenvalue weighted by Gasteiger charge is -2.24. The van der Waals surface area contributed by atoms with Gasteiger partial charge in [-0.2, -0.15) is 0 Å². The largest absolute Gasteiger partial charge is 0.495 e. The van der Waals surface area contributed by atoms with E-state index in [4.69, 9.17) is 19.0 Å². The zero-order valence-electron chi connectivity index (χ0n) is 12.7. The number of ether oxygens (including phenoxy) is 2. The minimum absolute atomic E-state index is 0.177. The van der Waals surface area contributed by atoms with Crippen LogP contribution in [0.3, 0.4) is 0 Å². The second-order valence-corrected chi connectivity index (χ2v) is 5.96. The molecule has 0 unspecified atom stereocenters. The number of fused-ring (bicyclic) bond motifs is 2. The molecule has 22 heavy (non-hydrogen) atoms. The highest BCUT2D eigenvalue weighted by molar-refractivity contribution is 5.87. The number of aliphatic hydroxyl groups excluding tert-OH is 1. The minimum atomic E-state index is -1.02. The molecule has 6 heteroatoms. The van der Waals surface area contributed by atoms with Crippen molar-refractivity contribution in [2.45, 2.75) is 38.6 Å². The van der Waals surface area contributed by atoms with Gasteiger partial charge in [-0.05, 0) is 13.8 Å². The molecule has 0 spiro atoms. The van der Waals surface area contributed by atoms with Crippen LogP contribution in [0.2, 0.25) is 0 Å². The molecule has 0 saturated heterocycles. The molecular weight excluding hydrogens is 288 g/mol. The summed E-state index contributed by atoms with van der Waals surface area (Å²) in [6.45, 7) is 2.98. The maximum atomic E-state index is 12.3. The highest BCUT2D eigenvalue weighted by Crippen LogP contribution is 2.42. The molecule has 1 aliphatic heterocycles. The van der Waals surface area contributed by atoms with Crippen LogP contribution in [-0.4, -0.2) is 29.0 Å². The Hall–Kier alpha value is -2.05. The average Bonchev–Trinajstić information content (AvgIpc) is 2.88. The first-order valence-electron chi connectivity index (χ1n) is 7.01. The van der Waals surface area contributed by atoms with Crippen LogP contribution in [-0.2, 0) is 13.0 Å². The third kappa shape index (κ3) is 2.24. The molecule has 2 N–H and O–H groups in total. The molecule has 0 saturated carbocycles. The van der Waals surface area contributed by atoms with Gasteiger partial charge in [-0.3, -0.25) is 4.79 Å². The van der Waals surface area contributed by atoms with Gasteiger partial charge in [0.15, 0.2) is 5.43 Å². The molecule has 0 fully saturated rings. The second-order valence-electron chi connectivity index (χ2n) is 5.96. The molecule has 1 aromatic carbocycles. The molecular formula is C16H18O6. The van der Waals surface area contributed by atoms with E-state index in [2.05, 4.69) is 0 Å². The van der Waals surface area contributed by atoms with Crippen molar-refractivity contribution in [3.63, 3.8) is 0 Å². The van der Waals surface area contributed by atoms with Crippen LogP contribution in [0.25, 0.3) is 11.0 Å². The van der Waals surface area contributed by atoms with Gasteiger partial charge in [-0.1, -0.05) is 0 Å². The predicted molar refractivity (Wildman–Crippen MR) is 79.4 cm³/mol. The molecule has 118 valence electrons. The number of hydrogen-bond acceptors (Lipinski definition) is 6. The number of methoxy groups -OCH3 is 1. The van der Waals surface area contributed by atoms with E-state index >= 15 is 0 Å². The fourth-order valence-electron chi connectivity index (χ4n) is 2.73. The molecule has 2 aromatic rings. The highest BCUT2D eigenvalue weighted by atomic mass is 16.5. The molecule has 1 aliphatic rings. The van der Waals surface area contributed by atoms with Crippen molar-refractivity contribution >= 4 is 11.0 Å². The zero-order valence-corrected chi connectivity index (χ0v) is 12.7. The van der Waals surface area contributed by atoms with E-state index in [9.17, 15) is 9.90 Å². The van der Waals surface area contributed by atoms with E-state index in [1.807, 2.05) is 0 Å². The number of aliphatic hydroxyl groups is 2. The van der Waals surface area contributed by atoms with Gasteiger partial charge in [0.05, 0.1) is 12.7 Å². The summed E-state index contributed by atoms with van der Waals surface area (Å²) in [5.41, 5.74) is -0.268. The Morgan fingerprint density at radius 2 is 2.14 bits per heavy atom. The Labute approximate surface area is 126 Å². The lowest BCUT2D eigenvalue weighted by molar-refractivity contribution is -0.0229. The fraction of sp³-hybridized carbons (Fsp3) is 0.438. The topological polar surface area (TPSA) is 89.1 Å². The second kappa shape index (κ2) is 5.00. The molecule has 0 amide bonds. The standard InChI is InChI=1S/C16H18O6/c1-16(2,19)13-5-9-11(22-13)6-12-14(15(9)20-3)10(18)4-8(7-17)21-12/h4,6,13,17,19H,5,7H2,1-3H3/t13-/m1/s1. The van der Waals surface area contributed by atoms with E-state index in [1.165, 1.54) is 13.2 Å². The third-order valence-corrected chi connectivity index (χ3v) is 3.89. The summed E-state index contributed by atoms with van der Waals surface area (Å²) in [4.78, 5) is 12.3. The number of rotatable bonds is 3. The Balaban J connectivity index is 2.25. The van der Waals surface area contributed by atoms with Crippen LogP contribution in [0.15, 0.2) is 21.3 Å². The van der Waals surface area contributed by atoms with Crippen molar-refractivity contribution in [2.75, 3.05) is 7.11 Å². The highest BCUT2D eigenvalue weighted by Gasteiger charge is 2.37. The van der Waals surface area contributed by atoms with Crippen molar-refractivity contribution in [3.8, 4) is 11.5 Å².